The van der Waals surface area contributed by atoms with Crippen molar-refractivity contribution in [3.63, 3.8) is 0 Å². The number of aromatic amines is 1. The summed E-state index contributed by atoms with van der Waals surface area (Å²) in [4.78, 5) is 12.6. The Morgan fingerprint density at radius 1 is 1.50 bits per heavy atom. The minimum atomic E-state index is -3.93. The van der Waals surface area contributed by atoms with E-state index in [0.29, 0.717) is 4.47 Å². The van der Waals surface area contributed by atoms with Gasteiger partial charge in [0.2, 0.25) is 10.0 Å². The van der Waals surface area contributed by atoms with Crippen LogP contribution in [-0.2, 0) is 10.0 Å². The molecule has 1 aromatic heterocycles. The first-order valence-electron chi connectivity index (χ1n) is 2.82. The van der Waals surface area contributed by atoms with Crippen LogP contribution in [0.2, 0.25) is 0 Å². The Bertz CT molecular complexity index is 450. The highest BCUT2D eigenvalue weighted by molar-refractivity contribution is 9.10. The molecule has 0 saturated heterocycles. The Hall–Kier alpha value is -0.660. The Kier molecular flexibility index (Phi) is 2.36. The number of nitrogens with one attached hydrogen (secondary N) is 1. The van der Waals surface area contributed by atoms with Crippen molar-refractivity contribution >= 4 is 26.0 Å². The van der Waals surface area contributed by atoms with E-state index in [1.54, 1.807) is 0 Å². The van der Waals surface area contributed by atoms with E-state index >= 15 is 0 Å². The topological polar surface area (TPSA) is 93.0 Å². The van der Waals surface area contributed by atoms with Crippen LogP contribution in [-0.4, -0.2) is 13.4 Å². The molecular formula is C5H5BrN2O3S. The average Bonchev–Trinajstić information content (AvgIpc) is 1.92. The molecule has 0 aliphatic carbocycles. The summed E-state index contributed by atoms with van der Waals surface area (Å²) < 4.78 is 21.9. The molecule has 0 aromatic carbocycles. The summed E-state index contributed by atoms with van der Waals surface area (Å²) in [6, 6.07) is 1.15. The maximum atomic E-state index is 10.9. The molecular weight excluding hydrogens is 248 g/mol. The van der Waals surface area contributed by atoms with Gasteiger partial charge in [-0.3, -0.25) is 4.79 Å². The molecule has 0 fully saturated rings. The highest BCUT2D eigenvalue weighted by Gasteiger charge is 2.12. The second kappa shape index (κ2) is 3.00. The number of nitrogens with two attached hydrogens (primary N) is 1. The number of hydrogen-bond donors (Lipinski definition) is 2. The van der Waals surface area contributed by atoms with Crippen LogP contribution in [0.15, 0.2) is 26.4 Å². The quantitative estimate of drug-likeness (QED) is 0.724. The molecule has 5 nitrogen and oxygen atoms in total. The maximum absolute atomic E-state index is 10.9. The molecule has 0 aliphatic rings. The summed E-state index contributed by atoms with van der Waals surface area (Å²) in [5.74, 6) is 0. The zero-order chi connectivity index (χ0) is 9.35. The lowest BCUT2D eigenvalue weighted by Crippen LogP contribution is -2.22. The largest absolute Gasteiger partial charge is 0.327 e. The Morgan fingerprint density at radius 3 is 2.50 bits per heavy atom. The van der Waals surface area contributed by atoms with Crippen LogP contribution >= 0.6 is 15.9 Å². The van der Waals surface area contributed by atoms with Crippen LogP contribution in [0.25, 0.3) is 0 Å². The van der Waals surface area contributed by atoms with Crippen LogP contribution in [0, 0.1) is 0 Å². The van der Waals surface area contributed by atoms with Gasteiger partial charge in [0.15, 0.2) is 0 Å². The van der Waals surface area contributed by atoms with Gasteiger partial charge in [0.25, 0.3) is 5.56 Å². The van der Waals surface area contributed by atoms with Crippen molar-refractivity contribution in [3.8, 4) is 0 Å². The van der Waals surface area contributed by atoms with E-state index in [1.807, 2.05) is 0 Å². The first-order chi connectivity index (χ1) is 5.41. The highest BCUT2D eigenvalue weighted by Crippen LogP contribution is 2.08. The second-order valence-electron chi connectivity index (χ2n) is 2.06. The lowest BCUT2D eigenvalue weighted by atomic mass is 10.5. The first kappa shape index (κ1) is 9.43. The molecule has 1 aromatic rings. The summed E-state index contributed by atoms with van der Waals surface area (Å²) in [5.41, 5.74) is -0.722. The fraction of sp³-hybridized carbons (Fsp3) is 0. The predicted octanol–water partition coefficient (Wildman–Crippen LogP) is -0.215. The molecule has 7 heteroatoms. The smallest absolute Gasteiger partial charge is 0.268 e. The van der Waals surface area contributed by atoms with Crippen molar-refractivity contribution in [2.75, 3.05) is 0 Å². The number of sulfonamides is 1. The first-order valence-corrected chi connectivity index (χ1v) is 5.16. The third-order valence-corrected chi connectivity index (χ3v) is 2.51. The predicted molar refractivity (Wildman–Crippen MR) is 46.1 cm³/mol. The van der Waals surface area contributed by atoms with Gasteiger partial charge in [-0.1, -0.05) is 0 Å². The molecule has 1 rings (SSSR count). The van der Waals surface area contributed by atoms with Gasteiger partial charge < -0.3 is 4.98 Å². The van der Waals surface area contributed by atoms with Crippen LogP contribution in [0.1, 0.15) is 0 Å². The van der Waals surface area contributed by atoms with Gasteiger partial charge in [0.1, 0.15) is 4.90 Å². The van der Waals surface area contributed by atoms with E-state index < -0.39 is 20.5 Å². The molecule has 66 valence electrons. The van der Waals surface area contributed by atoms with E-state index in [1.165, 1.54) is 6.20 Å². The molecule has 0 amide bonds. The fourth-order valence-electron chi connectivity index (χ4n) is 0.649. The number of rotatable bonds is 1. The zero-order valence-electron chi connectivity index (χ0n) is 5.74. The molecule has 0 atom stereocenters. The number of hydrogen-bond acceptors (Lipinski definition) is 3. The Balaban J connectivity index is 3.55. The number of primary sulfonamides is 1. The number of halogens is 1. The lowest BCUT2D eigenvalue weighted by Gasteiger charge is -1.95. The van der Waals surface area contributed by atoms with Gasteiger partial charge in [-0.2, -0.15) is 0 Å². The molecule has 0 radical (unpaired) electrons. The molecule has 0 unspecified atom stereocenters. The minimum absolute atomic E-state index is 0.447. The standard InChI is InChI=1S/C5H5BrN2O3S/c6-3-1-4(12(7,10)11)5(9)8-2-3/h1-2H,(H,8,9)(H2,7,10,11). The fourth-order valence-corrected chi connectivity index (χ4v) is 1.75. The van der Waals surface area contributed by atoms with Crippen LogP contribution in [0.3, 0.4) is 0 Å². The van der Waals surface area contributed by atoms with E-state index in [0.717, 1.165) is 6.07 Å². The highest BCUT2D eigenvalue weighted by atomic mass is 79.9. The molecule has 3 N–H and O–H groups in total. The Morgan fingerprint density at radius 2 is 2.08 bits per heavy atom. The normalized spacial score (nSPS) is 11.5. The van der Waals surface area contributed by atoms with Gasteiger partial charge in [-0.05, 0) is 22.0 Å². The summed E-state index contributed by atoms with van der Waals surface area (Å²) >= 11 is 3.00. The van der Waals surface area contributed by atoms with Crippen molar-refractivity contribution in [2.45, 2.75) is 4.90 Å². The zero-order valence-corrected chi connectivity index (χ0v) is 8.15. The third-order valence-electron chi connectivity index (χ3n) is 1.14. The van der Waals surface area contributed by atoms with Crippen LogP contribution in [0.5, 0.6) is 0 Å². The van der Waals surface area contributed by atoms with Gasteiger partial charge >= 0.3 is 0 Å². The number of pyridine rings is 1. The SMILES string of the molecule is NS(=O)(=O)c1cc(Br)c[nH]c1=O. The average molecular weight is 253 g/mol. The maximum Gasteiger partial charge on any atom is 0.268 e. The molecule has 0 saturated carbocycles. The minimum Gasteiger partial charge on any atom is -0.327 e. The summed E-state index contributed by atoms with van der Waals surface area (Å²) in [6.45, 7) is 0. The van der Waals surface area contributed by atoms with Crippen LogP contribution < -0.4 is 10.7 Å². The molecule has 0 spiro atoms. The van der Waals surface area contributed by atoms with E-state index in [2.05, 4.69) is 20.9 Å². The monoisotopic (exact) mass is 252 g/mol. The summed E-state index contributed by atoms with van der Waals surface area (Å²) in [6.07, 6.45) is 1.33. The van der Waals surface area contributed by atoms with Crippen molar-refractivity contribution in [1.82, 2.24) is 4.98 Å². The van der Waals surface area contributed by atoms with Gasteiger partial charge in [0.05, 0.1) is 0 Å². The van der Waals surface area contributed by atoms with Crippen LogP contribution in [0.4, 0.5) is 0 Å². The van der Waals surface area contributed by atoms with Gasteiger partial charge in [-0.25, -0.2) is 13.6 Å². The van der Waals surface area contributed by atoms with Crippen molar-refractivity contribution < 1.29 is 8.42 Å². The van der Waals surface area contributed by atoms with Gasteiger partial charge in [-0.15, -0.1) is 0 Å². The summed E-state index contributed by atoms with van der Waals surface area (Å²) in [7, 11) is -3.93. The second-order valence-corrected chi connectivity index (χ2v) is 4.50. The molecule has 1 heterocycles. The van der Waals surface area contributed by atoms with E-state index in [-0.39, 0.29) is 0 Å². The molecule has 12 heavy (non-hydrogen) atoms. The van der Waals surface area contributed by atoms with E-state index in [9.17, 15) is 13.2 Å². The van der Waals surface area contributed by atoms with Crippen molar-refractivity contribution in [2.24, 2.45) is 5.14 Å². The number of H-pyrrole nitrogens is 1. The Labute approximate surface area is 76.8 Å². The third kappa shape index (κ3) is 1.93. The van der Waals surface area contributed by atoms with Crippen molar-refractivity contribution in [3.05, 3.63) is 27.1 Å². The van der Waals surface area contributed by atoms with E-state index in [4.69, 9.17) is 5.14 Å². The molecule has 0 bridgehead atoms. The molecule has 0 aliphatic heterocycles. The lowest BCUT2D eigenvalue weighted by molar-refractivity contribution is 0.596. The summed E-state index contributed by atoms with van der Waals surface area (Å²) in [5, 5.41) is 4.76. The van der Waals surface area contributed by atoms with Crippen molar-refractivity contribution in [1.29, 1.82) is 0 Å². The van der Waals surface area contributed by atoms with Gasteiger partial charge in [0, 0.05) is 10.7 Å². The number of aromatic nitrogens is 1.